The zero-order valence-corrected chi connectivity index (χ0v) is 24.4. The number of unbranched alkanes of at least 4 members (excludes halogenated alkanes) is 21. The van der Waals surface area contributed by atoms with E-state index in [-0.39, 0.29) is 11.8 Å². The molecular weight excluding hydrogens is 430 g/mol. The summed E-state index contributed by atoms with van der Waals surface area (Å²) in [5.41, 5.74) is 0. The number of carbonyl (C=O) groups is 2. The van der Waals surface area contributed by atoms with E-state index in [1.54, 1.807) is 4.90 Å². The predicted molar refractivity (Wildman–Crippen MR) is 154 cm³/mol. The number of amides is 2. The van der Waals surface area contributed by atoms with Crippen LogP contribution in [0.1, 0.15) is 188 Å². The SMILES string of the molecule is CCCCCCCCCCCCCC(=O)N(CCCC)C(=O)CCCCCCCCCCCCC. The van der Waals surface area contributed by atoms with E-state index in [9.17, 15) is 9.59 Å². The molecule has 0 aliphatic carbocycles. The van der Waals surface area contributed by atoms with Crippen molar-refractivity contribution in [2.75, 3.05) is 6.54 Å². The molecule has 3 nitrogen and oxygen atoms in total. The molecule has 0 aliphatic heterocycles. The van der Waals surface area contributed by atoms with Gasteiger partial charge in [0, 0.05) is 19.4 Å². The molecule has 35 heavy (non-hydrogen) atoms. The molecule has 0 aromatic heterocycles. The highest BCUT2D eigenvalue weighted by Crippen LogP contribution is 2.15. The molecule has 2 amide bonds. The number of carbonyl (C=O) groups excluding carboxylic acids is 2. The van der Waals surface area contributed by atoms with Crippen molar-refractivity contribution in [2.45, 2.75) is 188 Å². The van der Waals surface area contributed by atoms with Crippen molar-refractivity contribution >= 4 is 11.8 Å². The zero-order chi connectivity index (χ0) is 25.8. The van der Waals surface area contributed by atoms with Gasteiger partial charge in [-0.25, -0.2) is 0 Å². The van der Waals surface area contributed by atoms with Crippen molar-refractivity contribution in [2.24, 2.45) is 0 Å². The maximum atomic E-state index is 12.8. The molecule has 0 atom stereocenters. The third kappa shape index (κ3) is 23.3. The summed E-state index contributed by atoms with van der Waals surface area (Å²) in [5.74, 6) is 0.143. The van der Waals surface area contributed by atoms with Gasteiger partial charge >= 0.3 is 0 Å². The summed E-state index contributed by atoms with van der Waals surface area (Å²) in [4.78, 5) is 27.1. The van der Waals surface area contributed by atoms with Crippen molar-refractivity contribution in [1.29, 1.82) is 0 Å². The quantitative estimate of drug-likeness (QED) is 0.107. The molecule has 0 aromatic carbocycles. The normalized spacial score (nSPS) is 11.2. The second-order valence-electron chi connectivity index (χ2n) is 10.9. The van der Waals surface area contributed by atoms with E-state index in [0.717, 1.165) is 38.5 Å². The molecule has 0 rings (SSSR count). The summed E-state index contributed by atoms with van der Waals surface area (Å²) in [5, 5.41) is 0. The summed E-state index contributed by atoms with van der Waals surface area (Å²) in [6.45, 7) is 7.27. The summed E-state index contributed by atoms with van der Waals surface area (Å²) in [7, 11) is 0. The Hall–Kier alpha value is -0.860. The van der Waals surface area contributed by atoms with Gasteiger partial charge in [-0.2, -0.15) is 0 Å². The molecule has 0 unspecified atom stereocenters. The largest absolute Gasteiger partial charge is 0.283 e. The lowest BCUT2D eigenvalue weighted by Crippen LogP contribution is -2.37. The fraction of sp³-hybridized carbons (Fsp3) is 0.938. The first-order valence-corrected chi connectivity index (χ1v) is 16.0. The van der Waals surface area contributed by atoms with Gasteiger partial charge in [0.05, 0.1) is 0 Å². The van der Waals surface area contributed by atoms with Gasteiger partial charge in [0.2, 0.25) is 11.8 Å². The van der Waals surface area contributed by atoms with Gasteiger partial charge in [-0.05, 0) is 19.3 Å². The van der Waals surface area contributed by atoms with E-state index in [4.69, 9.17) is 0 Å². The zero-order valence-electron chi connectivity index (χ0n) is 24.4. The predicted octanol–water partition coefficient (Wildman–Crippen LogP) is 10.5. The molecule has 0 saturated heterocycles. The van der Waals surface area contributed by atoms with E-state index in [1.165, 1.54) is 116 Å². The molecule has 3 heteroatoms. The first-order valence-electron chi connectivity index (χ1n) is 16.0. The maximum absolute atomic E-state index is 12.8. The van der Waals surface area contributed by atoms with Gasteiger partial charge in [-0.1, -0.05) is 156 Å². The van der Waals surface area contributed by atoms with Crippen LogP contribution in [0.4, 0.5) is 0 Å². The molecule has 0 heterocycles. The van der Waals surface area contributed by atoms with Crippen LogP contribution in [0.5, 0.6) is 0 Å². The molecule has 0 aromatic rings. The molecule has 0 fully saturated rings. The minimum atomic E-state index is 0.0717. The van der Waals surface area contributed by atoms with Gasteiger partial charge in [-0.15, -0.1) is 0 Å². The van der Waals surface area contributed by atoms with Crippen molar-refractivity contribution in [3.63, 3.8) is 0 Å². The smallest absolute Gasteiger partial charge is 0.229 e. The Kier molecular flexibility index (Phi) is 27.0. The highest BCUT2D eigenvalue weighted by Gasteiger charge is 2.19. The van der Waals surface area contributed by atoms with Crippen LogP contribution >= 0.6 is 0 Å². The lowest BCUT2D eigenvalue weighted by molar-refractivity contribution is -0.145. The third-order valence-electron chi connectivity index (χ3n) is 7.33. The standard InChI is InChI=1S/C32H63NO2/c1-4-7-10-12-14-16-18-20-22-24-26-28-31(34)33(30-9-6-3)32(35)29-27-25-23-21-19-17-15-13-11-8-5-2/h4-30H2,1-3H3. The van der Waals surface area contributed by atoms with E-state index in [0.29, 0.717) is 19.4 Å². The van der Waals surface area contributed by atoms with Crippen molar-refractivity contribution in [1.82, 2.24) is 4.90 Å². The molecule has 0 saturated carbocycles. The number of nitrogens with zero attached hydrogens (tertiary/aromatic N) is 1. The molecule has 0 N–H and O–H groups in total. The Labute approximate surface area is 220 Å². The Morgan fingerprint density at radius 3 is 0.914 bits per heavy atom. The number of hydrogen-bond acceptors (Lipinski definition) is 2. The number of rotatable bonds is 27. The number of hydrogen-bond donors (Lipinski definition) is 0. The average Bonchev–Trinajstić information content (AvgIpc) is 2.86. The maximum Gasteiger partial charge on any atom is 0.229 e. The summed E-state index contributed by atoms with van der Waals surface area (Å²) >= 11 is 0. The van der Waals surface area contributed by atoms with E-state index >= 15 is 0 Å². The van der Waals surface area contributed by atoms with Crippen LogP contribution in [0.25, 0.3) is 0 Å². The lowest BCUT2D eigenvalue weighted by Gasteiger charge is -2.21. The van der Waals surface area contributed by atoms with Crippen LogP contribution in [-0.2, 0) is 9.59 Å². The molecular formula is C32H63NO2. The number of imide groups is 1. The van der Waals surface area contributed by atoms with E-state index in [2.05, 4.69) is 20.8 Å². The fourth-order valence-electron chi connectivity index (χ4n) is 4.86. The average molecular weight is 494 g/mol. The van der Waals surface area contributed by atoms with E-state index < -0.39 is 0 Å². The van der Waals surface area contributed by atoms with E-state index in [1.807, 2.05) is 0 Å². The van der Waals surface area contributed by atoms with Gasteiger partial charge in [0.25, 0.3) is 0 Å². The molecule has 208 valence electrons. The van der Waals surface area contributed by atoms with Gasteiger partial charge in [0.1, 0.15) is 0 Å². The highest BCUT2D eigenvalue weighted by atomic mass is 16.2. The van der Waals surface area contributed by atoms with Crippen LogP contribution < -0.4 is 0 Å². The molecule has 0 aliphatic rings. The van der Waals surface area contributed by atoms with Gasteiger partial charge < -0.3 is 0 Å². The molecule has 0 bridgehead atoms. The molecule has 0 radical (unpaired) electrons. The fourth-order valence-corrected chi connectivity index (χ4v) is 4.86. The Bertz CT molecular complexity index is 424. The third-order valence-corrected chi connectivity index (χ3v) is 7.33. The summed E-state index contributed by atoms with van der Waals surface area (Å²) < 4.78 is 0. The lowest BCUT2D eigenvalue weighted by atomic mass is 10.0. The second-order valence-corrected chi connectivity index (χ2v) is 10.9. The second kappa shape index (κ2) is 27.7. The van der Waals surface area contributed by atoms with Crippen LogP contribution in [-0.4, -0.2) is 23.3 Å². The Morgan fingerprint density at radius 1 is 0.371 bits per heavy atom. The van der Waals surface area contributed by atoms with Crippen molar-refractivity contribution in [3.05, 3.63) is 0 Å². The highest BCUT2D eigenvalue weighted by molar-refractivity contribution is 5.95. The molecule has 0 spiro atoms. The summed E-state index contributed by atoms with van der Waals surface area (Å²) in [6, 6.07) is 0. The van der Waals surface area contributed by atoms with Crippen LogP contribution in [0.2, 0.25) is 0 Å². The van der Waals surface area contributed by atoms with Crippen molar-refractivity contribution < 1.29 is 9.59 Å². The Balaban J connectivity index is 3.86. The summed E-state index contributed by atoms with van der Waals surface area (Å²) in [6.07, 6.45) is 31.3. The van der Waals surface area contributed by atoms with Gasteiger partial charge in [-0.3, -0.25) is 14.5 Å². The van der Waals surface area contributed by atoms with Crippen LogP contribution in [0, 0.1) is 0 Å². The topological polar surface area (TPSA) is 37.4 Å². The van der Waals surface area contributed by atoms with Crippen LogP contribution in [0.3, 0.4) is 0 Å². The Morgan fingerprint density at radius 2 is 0.629 bits per heavy atom. The monoisotopic (exact) mass is 493 g/mol. The first kappa shape index (κ1) is 34.1. The first-order chi connectivity index (χ1) is 17.2. The minimum absolute atomic E-state index is 0.0717. The van der Waals surface area contributed by atoms with Crippen molar-refractivity contribution in [3.8, 4) is 0 Å². The van der Waals surface area contributed by atoms with Gasteiger partial charge in [0.15, 0.2) is 0 Å². The minimum Gasteiger partial charge on any atom is -0.283 e. The van der Waals surface area contributed by atoms with Crippen LogP contribution in [0.15, 0.2) is 0 Å².